The normalized spacial score (nSPS) is 14.6. The van der Waals surface area contributed by atoms with Crippen LogP contribution in [0.5, 0.6) is 0 Å². The Balaban J connectivity index is 2.48. The van der Waals surface area contributed by atoms with Crippen LogP contribution in [0, 0.1) is 5.92 Å². The zero-order valence-corrected chi connectivity index (χ0v) is 12.5. The molecule has 0 amide bonds. The van der Waals surface area contributed by atoms with Gasteiger partial charge in [0.25, 0.3) is 0 Å². The molecule has 0 radical (unpaired) electrons. The first-order valence-electron chi connectivity index (χ1n) is 7.51. The molecule has 2 unspecified atom stereocenters. The van der Waals surface area contributed by atoms with Crippen molar-refractivity contribution < 1.29 is 9.84 Å². The van der Waals surface area contributed by atoms with E-state index in [4.69, 9.17) is 4.74 Å². The van der Waals surface area contributed by atoms with Crippen molar-refractivity contribution in [3.05, 3.63) is 35.9 Å². The molecule has 1 N–H and O–H groups in total. The van der Waals surface area contributed by atoms with Gasteiger partial charge in [-0.3, -0.25) is 0 Å². The number of ether oxygens (including phenoxy) is 1. The summed E-state index contributed by atoms with van der Waals surface area (Å²) in [5, 5.41) is 10.4. The van der Waals surface area contributed by atoms with Crippen LogP contribution in [0.2, 0.25) is 0 Å². The number of benzene rings is 1. The molecular weight excluding hydrogens is 236 g/mol. The first-order chi connectivity index (χ1) is 9.16. The molecule has 2 atom stereocenters. The van der Waals surface area contributed by atoms with Crippen LogP contribution in [0.4, 0.5) is 0 Å². The molecule has 2 heteroatoms. The van der Waals surface area contributed by atoms with Crippen LogP contribution < -0.4 is 0 Å². The second-order valence-corrected chi connectivity index (χ2v) is 5.50. The van der Waals surface area contributed by atoms with Gasteiger partial charge in [-0.1, -0.05) is 70.4 Å². The van der Waals surface area contributed by atoms with Crippen molar-refractivity contribution in [2.24, 2.45) is 5.92 Å². The van der Waals surface area contributed by atoms with Crippen molar-refractivity contribution >= 4 is 0 Å². The molecule has 0 aliphatic rings. The number of rotatable bonds is 9. The van der Waals surface area contributed by atoms with E-state index < -0.39 is 6.10 Å². The predicted octanol–water partition coefficient (Wildman–Crippen LogP) is 4.34. The van der Waals surface area contributed by atoms with E-state index in [-0.39, 0.29) is 6.10 Å². The average Bonchev–Trinajstić information content (AvgIpc) is 2.43. The summed E-state index contributed by atoms with van der Waals surface area (Å²) in [5.74, 6) is 0.307. The van der Waals surface area contributed by atoms with E-state index in [9.17, 15) is 5.11 Å². The Kier molecular flexibility index (Phi) is 7.76. The summed E-state index contributed by atoms with van der Waals surface area (Å²) in [7, 11) is 0. The van der Waals surface area contributed by atoms with Crippen LogP contribution in [-0.4, -0.2) is 17.8 Å². The van der Waals surface area contributed by atoms with E-state index >= 15 is 0 Å². The van der Waals surface area contributed by atoms with Crippen molar-refractivity contribution in [1.29, 1.82) is 0 Å². The van der Waals surface area contributed by atoms with Crippen molar-refractivity contribution in [3.8, 4) is 0 Å². The maximum absolute atomic E-state index is 10.4. The predicted molar refractivity (Wildman–Crippen MR) is 80.1 cm³/mol. The van der Waals surface area contributed by atoms with Gasteiger partial charge in [0.2, 0.25) is 0 Å². The lowest BCUT2D eigenvalue weighted by Gasteiger charge is -2.27. The molecule has 0 heterocycles. The Labute approximate surface area is 117 Å². The second kappa shape index (κ2) is 9.11. The van der Waals surface area contributed by atoms with Crippen molar-refractivity contribution in [2.45, 2.75) is 58.7 Å². The third kappa shape index (κ3) is 5.75. The van der Waals surface area contributed by atoms with Crippen molar-refractivity contribution in [1.82, 2.24) is 0 Å². The van der Waals surface area contributed by atoms with E-state index in [1.807, 2.05) is 30.3 Å². The van der Waals surface area contributed by atoms with Gasteiger partial charge in [0, 0.05) is 6.61 Å². The van der Waals surface area contributed by atoms with Gasteiger partial charge in [-0.15, -0.1) is 0 Å². The minimum Gasteiger partial charge on any atom is -0.386 e. The fourth-order valence-electron chi connectivity index (χ4n) is 2.24. The van der Waals surface area contributed by atoms with Gasteiger partial charge in [-0.25, -0.2) is 0 Å². The smallest absolute Gasteiger partial charge is 0.105 e. The molecule has 0 aliphatic carbocycles. The largest absolute Gasteiger partial charge is 0.386 e. The number of unbranched alkanes of at least 4 members (excludes halogenated alkanes) is 3. The quantitative estimate of drug-likeness (QED) is 0.672. The van der Waals surface area contributed by atoms with Crippen molar-refractivity contribution in [2.75, 3.05) is 6.61 Å². The molecular formula is C17H28O2. The van der Waals surface area contributed by atoms with Crippen LogP contribution in [0.15, 0.2) is 30.3 Å². The van der Waals surface area contributed by atoms with Gasteiger partial charge in [-0.05, 0) is 17.9 Å². The minimum absolute atomic E-state index is 0.121. The summed E-state index contributed by atoms with van der Waals surface area (Å²) >= 11 is 0. The summed E-state index contributed by atoms with van der Waals surface area (Å²) in [6.07, 6.45) is 4.13. The van der Waals surface area contributed by atoms with Crippen LogP contribution in [0.1, 0.15) is 58.1 Å². The molecule has 1 aromatic carbocycles. The zero-order valence-electron chi connectivity index (χ0n) is 12.5. The lowest BCUT2D eigenvalue weighted by atomic mass is 9.96. The molecule has 0 spiro atoms. The highest BCUT2D eigenvalue weighted by Crippen LogP contribution is 2.24. The van der Waals surface area contributed by atoms with Gasteiger partial charge < -0.3 is 9.84 Å². The standard InChI is InChI=1S/C17H28O2/c1-4-5-6-10-13-19-17(14(2)3)16(18)15-11-8-7-9-12-15/h7-9,11-12,14,16-18H,4-6,10,13H2,1-3H3. The van der Waals surface area contributed by atoms with Crippen molar-refractivity contribution in [3.63, 3.8) is 0 Å². The first-order valence-corrected chi connectivity index (χ1v) is 7.51. The van der Waals surface area contributed by atoms with Crippen LogP contribution in [0.25, 0.3) is 0 Å². The Bertz CT molecular complexity index is 321. The van der Waals surface area contributed by atoms with Gasteiger partial charge in [0.05, 0.1) is 6.10 Å². The van der Waals surface area contributed by atoms with Crippen LogP contribution >= 0.6 is 0 Å². The summed E-state index contributed by atoms with van der Waals surface area (Å²) in [4.78, 5) is 0. The molecule has 108 valence electrons. The van der Waals surface area contributed by atoms with Gasteiger partial charge in [0.15, 0.2) is 0 Å². The molecule has 0 fully saturated rings. The molecule has 2 nitrogen and oxygen atoms in total. The molecule has 0 saturated carbocycles. The van der Waals surface area contributed by atoms with Gasteiger partial charge in [-0.2, -0.15) is 0 Å². The number of aliphatic hydroxyl groups excluding tert-OH is 1. The molecule has 19 heavy (non-hydrogen) atoms. The number of aliphatic hydroxyl groups is 1. The highest BCUT2D eigenvalue weighted by molar-refractivity contribution is 5.18. The molecule has 0 bridgehead atoms. The topological polar surface area (TPSA) is 29.5 Å². The summed E-state index contributed by atoms with van der Waals surface area (Å²) < 4.78 is 5.92. The van der Waals surface area contributed by atoms with E-state index in [1.165, 1.54) is 19.3 Å². The minimum atomic E-state index is -0.535. The Morgan fingerprint density at radius 2 is 1.74 bits per heavy atom. The Morgan fingerprint density at radius 3 is 2.32 bits per heavy atom. The molecule has 1 aromatic rings. The monoisotopic (exact) mass is 264 g/mol. The highest BCUT2D eigenvalue weighted by atomic mass is 16.5. The van der Waals surface area contributed by atoms with E-state index in [0.29, 0.717) is 5.92 Å². The molecule has 0 aliphatic heterocycles. The lowest BCUT2D eigenvalue weighted by Crippen LogP contribution is -2.28. The Morgan fingerprint density at radius 1 is 1.05 bits per heavy atom. The van der Waals surface area contributed by atoms with E-state index in [2.05, 4.69) is 20.8 Å². The summed E-state index contributed by atoms with van der Waals surface area (Å²) in [5.41, 5.74) is 0.940. The molecule has 0 aromatic heterocycles. The zero-order chi connectivity index (χ0) is 14.1. The fourth-order valence-corrected chi connectivity index (χ4v) is 2.24. The first kappa shape index (κ1) is 16.2. The molecule has 0 saturated heterocycles. The third-order valence-corrected chi connectivity index (χ3v) is 3.42. The summed E-state index contributed by atoms with van der Waals surface area (Å²) in [6.45, 7) is 7.15. The lowest BCUT2D eigenvalue weighted by molar-refractivity contribution is -0.0640. The summed E-state index contributed by atoms with van der Waals surface area (Å²) in [6, 6.07) is 9.79. The number of hydrogen-bond donors (Lipinski definition) is 1. The fraction of sp³-hybridized carbons (Fsp3) is 0.647. The van der Waals surface area contributed by atoms with Gasteiger partial charge in [0.1, 0.15) is 6.10 Å². The third-order valence-electron chi connectivity index (χ3n) is 3.42. The van der Waals surface area contributed by atoms with Crippen LogP contribution in [-0.2, 0) is 4.74 Å². The van der Waals surface area contributed by atoms with Gasteiger partial charge >= 0.3 is 0 Å². The Hall–Kier alpha value is -0.860. The average molecular weight is 264 g/mol. The van der Waals surface area contributed by atoms with E-state index in [0.717, 1.165) is 18.6 Å². The second-order valence-electron chi connectivity index (χ2n) is 5.50. The molecule has 1 rings (SSSR count). The maximum Gasteiger partial charge on any atom is 0.105 e. The SMILES string of the molecule is CCCCCCOC(C(C)C)C(O)c1ccccc1. The maximum atomic E-state index is 10.4. The van der Waals surface area contributed by atoms with E-state index in [1.54, 1.807) is 0 Å². The highest BCUT2D eigenvalue weighted by Gasteiger charge is 2.24. The number of hydrogen-bond acceptors (Lipinski definition) is 2. The van der Waals surface area contributed by atoms with Crippen LogP contribution in [0.3, 0.4) is 0 Å².